The van der Waals surface area contributed by atoms with Gasteiger partial charge in [0.2, 0.25) is 0 Å². The Morgan fingerprint density at radius 2 is 2.03 bits per heavy atom. The molecule has 3 aromatic rings. The third-order valence-electron chi connectivity index (χ3n) is 5.91. The number of aryl methyl sites for hydroxylation is 2. The lowest BCUT2D eigenvalue weighted by Crippen LogP contribution is -2.29. The number of furan rings is 1. The van der Waals surface area contributed by atoms with Gasteiger partial charge in [-0.3, -0.25) is 4.79 Å². The van der Waals surface area contributed by atoms with E-state index >= 15 is 0 Å². The van der Waals surface area contributed by atoms with Crippen molar-refractivity contribution >= 4 is 35.0 Å². The molecule has 4 N–H and O–H groups in total. The van der Waals surface area contributed by atoms with E-state index in [-0.39, 0.29) is 35.7 Å². The number of phenolic OH excluding ortho intramolecular Hbond substituents is 1. The monoisotopic (exact) mass is 471 g/mol. The molecule has 1 amide bonds. The summed E-state index contributed by atoms with van der Waals surface area (Å²) in [5.41, 5.74) is 1.61. The molecule has 0 spiro atoms. The highest BCUT2D eigenvalue weighted by Crippen LogP contribution is 2.36. The SMILES string of the molecule is Cc1cc([C@H](Nc2nsnc2Nc2cccc(C(=O)N3CC[C@@H](O)C3)c2O)C(C)C)oc1C. The van der Waals surface area contributed by atoms with Crippen molar-refractivity contribution in [3.05, 3.63) is 46.9 Å². The molecule has 0 aliphatic carbocycles. The van der Waals surface area contributed by atoms with Crippen molar-refractivity contribution in [3.8, 4) is 5.75 Å². The predicted molar refractivity (Wildman–Crippen MR) is 127 cm³/mol. The standard InChI is InChI=1S/C23H29N5O4S/c1-12(2)19(18-10-13(3)14(4)32-18)25-22-21(26-33-27-22)24-17-7-5-6-16(20(17)30)23(31)28-9-8-15(29)11-28/h5-7,10,12,15,19,29-30H,8-9,11H2,1-4H3,(H,24,26)(H,25,27)/t15-,19-/m1/s1. The van der Waals surface area contributed by atoms with Gasteiger partial charge in [-0.25, -0.2) is 0 Å². The van der Waals surface area contributed by atoms with Crippen LogP contribution in [0.5, 0.6) is 5.75 Å². The number of anilines is 3. The molecular formula is C23H29N5O4S. The number of benzene rings is 1. The maximum Gasteiger partial charge on any atom is 0.257 e. The number of aromatic hydroxyl groups is 1. The van der Waals surface area contributed by atoms with Crippen LogP contribution in [-0.2, 0) is 0 Å². The fourth-order valence-corrected chi connectivity index (χ4v) is 4.35. The Bertz CT molecular complexity index is 1120. The molecule has 2 aromatic heterocycles. The van der Waals surface area contributed by atoms with Gasteiger partial charge in [0.15, 0.2) is 17.4 Å². The minimum absolute atomic E-state index is 0.120. The van der Waals surface area contributed by atoms with Crippen LogP contribution in [0, 0.1) is 19.8 Å². The molecule has 176 valence electrons. The van der Waals surface area contributed by atoms with Crippen LogP contribution in [0.2, 0.25) is 0 Å². The van der Waals surface area contributed by atoms with Gasteiger partial charge in [-0.2, -0.15) is 8.75 Å². The highest BCUT2D eigenvalue weighted by atomic mass is 32.1. The topological polar surface area (TPSA) is 124 Å². The fourth-order valence-electron chi connectivity index (χ4n) is 3.88. The molecule has 33 heavy (non-hydrogen) atoms. The average Bonchev–Trinajstić information content (AvgIpc) is 3.48. The Labute approximate surface area is 196 Å². The zero-order chi connectivity index (χ0) is 23.7. The minimum atomic E-state index is -0.525. The summed E-state index contributed by atoms with van der Waals surface area (Å²) < 4.78 is 14.6. The Morgan fingerprint density at radius 1 is 1.27 bits per heavy atom. The van der Waals surface area contributed by atoms with Gasteiger partial charge in [-0.05, 0) is 49.9 Å². The maximum atomic E-state index is 12.8. The molecule has 0 radical (unpaired) electrons. The number of nitrogens with one attached hydrogen (secondary N) is 2. The van der Waals surface area contributed by atoms with Crippen molar-refractivity contribution in [3.63, 3.8) is 0 Å². The molecular weight excluding hydrogens is 442 g/mol. The summed E-state index contributed by atoms with van der Waals surface area (Å²) >= 11 is 1.04. The summed E-state index contributed by atoms with van der Waals surface area (Å²) in [6.45, 7) is 8.86. The van der Waals surface area contributed by atoms with Crippen LogP contribution in [0.1, 0.15) is 53.8 Å². The summed E-state index contributed by atoms with van der Waals surface area (Å²) in [7, 11) is 0. The van der Waals surface area contributed by atoms with E-state index in [0.29, 0.717) is 30.3 Å². The molecule has 10 heteroatoms. The van der Waals surface area contributed by atoms with Gasteiger partial charge in [-0.15, -0.1) is 0 Å². The summed E-state index contributed by atoms with van der Waals surface area (Å²) in [6, 6.07) is 6.84. The Morgan fingerprint density at radius 3 is 2.67 bits per heavy atom. The lowest BCUT2D eigenvalue weighted by Gasteiger charge is -2.21. The Balaban J connectivity index is 1.55. The van der Waals surface area contributed by atoms with Gasteiger partial charge in [0.05, 0.1) is 35.1 Å². The lowest BCUT2D eigenvalue weighted by molar-refractivity contribution is 0.0762. The van der Waals surface area contributed by atoms with E-state index in [1.54, 1.807) is 23.1 Å². The van der Waals surface area contributed by atoms with Crippen LogP contribution >= 0.6 is 11.7 Å². The second-order valence-electron chi connectivity index (χ2n) is 8.74. The van der Waals surface area contributed by atoms with E-state index in [1.165, 1.54) is 0 Å². The van der Waals surface area contributed by atoms with Crippen molar-refractivity contribution in [2.45, 2.75) is 46.3 Å². The van der Waals surface area contributed by atoms with Crippen LogP contribution in [0.25, 0.3) is 0 Å². The van der Waals surface area contributed by atoms with E-state index in [1.807, 2.05) is 19.9 Å². The van der Waals surface area contributed by atoms with Gasteiger partial charge in [0, 0.05) is 13.1 Å². The normalized spacial score (nSPS) is 16.9. The van der Waals surface area contributed by atoms with Crippen molar-refractivity contribution < 1.29 is 19.4 Å². The summed E-state index contributed by atoms with van der Waals surface area (Å²) in [5, 5.41) is 27.0. The van der Waals surface area contributed by atoms with Crippen LogP contribution in [-0.4, -0.2) is 49.0 Å². The number of rotatable bonds is 7. The first-order valence-electron chi connectivity index (χ1n) is 11.0. The highest BCUT2D eigenvalue weighted by molar-refractivity contribution is 6.99. The number of carbonyl (C=O) groups is 1. The molecule has 2 atom stereocenters. The fraction of sp³-hybridized carbons (Fsp3) is 0.435. The van der Waals surface area contributed by atoms with Gasteiger partial charge < -0.3 is 30.2 Å². The lowest BCUT2D eigenvalue weighted by atomic mass is 10.0. The number of likely N-dealkylation sites (tertiary alicyclic amines) is 1. The number of phenols is 1. The molecule has 4 rings (SSSR count). The number of β-amino-alcohol motifs (C(OH)–C–C–N with tert-alkyl or cyclic N) is 1. The minimum Gasteiger partial charge on any atom is -0.505 e. The third kappa shape index (κ3) is 4.81. The predicted octanol–water partition coefficient (Wildman–Crippen LogP) is 4.21. The van der Waals surface area contributed by atoms with Crippen LogP contribution < -0.4 is 10.6 Å². The molecule has 1 aliphatic rings. The van der Waals surface area contributed by atoms with Gasteiger partial charge in [0.1, 0.15) is 11.5 Å². The second kappa shape index (κ2) is 9.40. The summed E-state index contributed by atoms with van der Waals surface area (Å²) in [4.78, 5) is 14.4. The first kappa shape index (κ1) is 23.1. The molecule has 1 fully saturated rings. The number of nitrogens with zero attached hydrogens (tertiary/aromatic N) is 3. The number of amides is 1. The molecule has 1 aliphatic heterocycles. The van der Waals surface area contributed by atoms with E-state index in [2.05, 4.69) is 33.2 Å². The number of carbonyl (C=O) groups excluding carboxylic acids is 1. The zero-order valence-corrected chi connectivity index (χ0v) is 19.9. The van der Waals surface area contributed by atoms with Crippen LogP contribution in [0.4, 0.5) is 17.3 Å². The Hall–Kier alpha value is -3.11. The van der Waals surface area contributed by atoms with E-state index in [0.717, 1.165) is 28.8 Å². The van der Waals surface area contributed by atoms with E-state index < -0.39 is 6.10 Å². The van der Waals surface area contributed by atoms with E-state index in [9.17, 15) is 15.0 Å². The number of aliphatic hydroxyl groups is 1. The maximum absolute atomic E-state index is 12.8. The first-order valence-corrected chi connectivity index (χ1v) is 11.7. The molecule has 1 aromatic carbocycles. The average molecular weight is 472 g/mol. The molecule has 3 heterocycles. The highest BCUT2D eigenvalue weighted by Gasteiger charge is 2.28. The zero-order valence-electron chi connectivity index (χ0n) is 19.1. The number of hydrogen-bond acceptors (Lipinski definition) is 9. The molecule has 9 nitrogen and oxygen atoms in total. The van der Waals surface area contributed by atoms with Crippen LogP contribution in [0.15, 0.2) is 28.7 Å². The number of aliphatic hydroxyl groups excluding tert-OH is 1. The van der Waals surface area contributed by atoms with Crippen LogP contribution in [0.3, 0.4) is 0 Å². The second-order valence-corrected chi connectivity index (χ2v) is 9.26. The summed E-state index contributed by atoms with van der Waals surface area (Å²) in [6.07, 6.45) is 0.0122. The number of para-hydroxylation sites is 1. The smallest absolute Gasteiger partial charge is 0.257 e. The summed E-state index contributed by atoms with van der Waals surface area (Å²) in [5.74, 6) is 2.42. The molecule has 1 saturated heterocycles. The van der Waals surface area contributed by atoms with Crippen molar-refractivity contribution in [2.24, 2.45) is 5.92 Å². The molecule has 0 saturated carbocycles. The quantitative estimate of drug-likeness (QED) is 0.378. The third-order valence-corrected chi connectivity index (χ3v) is 6.44. The molecule has 0 unspecified atom stereocenters. The van der Waals surface area contributed by atoms with Crippen molar-refractivity contribution in [2.75, 3.05) is 23.7 Å². The first-order chi connectivity index (χ1) is 15.7. The van der Waals surface area contributed by atoms with Gasteiger partial charge in [0.25, 0.3) is 5.91 Å². The van der Waals surface area contributed by atoms with Gasteiger partial charge in [-0.1, -0.05) is 19.9 Å². The molecule has 0 bridgehead atoms. The van der Waals surface area contributed by atoms with E-state index in [4.69, 9.17) is 4.42 Å². The Kier molecular flexibility index (Phi) is 6.57. The van der Waals surface area contributed by atoms with Crippen molar-refractivity contribution in [1.82, 2.24) is 13.6 Å². The largest absolute Gasteiger partial charge is 0.505 e. The number of aromatic nitrogens is 2. The number of hydrogen-bond donors (Lipinski definition) is 4. The van der Waals surface area contributed by atoms with Gasteiger partial charge >= 0.3 is 0 Å². The van der Waals surface area contributed by atoms with Crippen molar-refractivity contribution in [1.29, 1.82) is 0 Å².